The summed E-state index contributed by atoms with van der Waals surface area (Å²) < 4.78 is 18.5. The summed E-state index contributed by atoms with van der Waals surface area (Å²) >= 11 is 0. The van der Waals surface area contributed by atoms with Gasteiger partial charge in [-0.05, 0) is 37.5 Å². The number of rotatable bonds is 4. The minimum absolute atomic E-state index is 0.0567. The second-order valence-corrected chi connectivity index (χ2v) is 6.20. The van der Waals surface area contributed by atoms with Crippen molar-refractivity contribution in [3.05, 3.63) is 35.1 Å². The van der Waals surface area contributed by atoms with E-state index in [-0.39, 0.29) is 5.56 Å². The molecule has 1 aromatic rings. The van der Waals surface area contributed by atoms with E-state index in [9.17, 15) is 19.2 Å². The van der Waals surface area contributed by atoms with Crippen molar-refractivity contribution >= 4 is 11.9 Å². The van der Waals surface area contributed by atoms with E-state index < -0.39 is 29.8 Å². The van der Waals surface area contributed by atoms with Gasteiger partial charge in [0.15, 0.2) is 6.61 Å². The second-order valence-electron chi connectivity index (χ2n) is 6.20. The number of benzene rings is 1. The highest BCUT2D eigenvalue weighted by Gasteiger charge is 2.39. The van der Waals surface area contributed by atoms with E-state index in [0.717, 1.165) is 25.3 Å². The smallest absolute Gasteiger partial charge is 0.338 e. The van der Waals surface area contributed by atoms with E-state index in [4.69, 9.17) is 4.74 Å². The SMILES string of the molecule is Cc1ccc(C(=O)OCC(=O)N(C)C2(C#N)CCCCC2)cc1F. The Labute approximate surface area is 141 Å². The van der Waals surface area contributed by atoms with Crippen molar-refractivity contribution in [3.8, 4) is 6.07 Å². The highest BCUT2D eigenvalue weighted by Crippen LogP contribution is 2.32. The van der Waals surface area contributed by atoms with Crippen molar-refractivity contribution < 1.29 is 18.7 Å². The Morgan fingerprint density at radius 2 is 2.00 bits per heavy atom. The van der Waals surface area contributed by atoms with E-state index in [2.05, 4.69) is 6.07 Å². The molecule has 0 radical (unpaired) electrons. The van der Waals surface area contributed by atoms with Crippen LogP contribution in [0.2, 0.25) is 0 Å². The lowest BCUT2D eigenvalue weighted by Gasteiger charge is -2.38. The van der Waals surface area contributed by atoms with Gasteiger partial charge >= 0.3 is 5.97 Å². The summed E-state index contributed by atoms with van der Waals surface area (Å²) in [5, 5.41) is 9.48. The Bertz CT molecular complexity index is 675. The van der Waals surface area contributed by atoms with Crippen molar-refractivity contribution in [2.75, 3.05) is 13.7 Å². The first-order valence-electron chi connectivity index (χ1n) is 8.01. The third-order valence-corrected chi connectivity index (χ3v) is 4.64. The number of hydrogen-bond donors (Lipinski definition) is 0. The summed E-state index contributed by atoms with van der Waals surface area (Å²) in [6, 6.07) is 6.26. The number of nitriles is 1. The minimum atomic E-state index is -0.822. The highest BCUT2D eigenvalue weighted by atomic mass is 19.1. The van der Waals surface area contributed by atoms with E-state index in [1.54, 1.807) is 14.0 Å². The molecule has 0 bridgehead atoms. The van der Waals surface area contributed by atoms with Gasteiger partial charge in [-0.15, -0.1) is 0 Å². The maximum Gasteiger partial charge on any atom is 0.338 e. The molecule has 0 unspecified atom stereocenters. The molecule has 0 aliphatic heterocycles. The Morgan fingerprint density at radius 3 is 2.58 bits per heavy atom. The normalized spacial score (nSPS) is 16.1. The lowest BCUT2D eigenvalue weighted by Crippen LogP contribution is -2.51. The predicted octanol–water partition coefficient (Wildman–Crippen LogP) is 2.98. The van der Waals surface area contributed by atoms with Crippen LogP contribution in [0.1, 0.15) is 48.0 Å². The van der Waals surface area contributed by atoms with Crippen molar-refractivity contribution in [2.24, 2.45) is 0 Å². The van der Waals surface area contributed by atoms with E-state index in [0.29, 0.717) is 18.4 Å². The average Bonchev–Trinajstić information content (AvgIpc) is 2.61. The van der Waals surface area contributed by atoms with Gasteiger partial charge in [-0.2, -0.15) is 5.26 Å². The molecule has 5 nitrogen and oxygen atoms in total. The molecule has 24 heavy (non-hydrogen) atoms. The molecule has 2 rings (SSSR count). The van der Waals surface area contributed by atoms with Crippen LogP contribution in [0.5, 0.6) is 0 Å². The second kappa shape index (κ2) is 7.43. The first-order chi connectivity index (χ1) is 11.4. The highest BCUT2D eigenvalue weighted by molar-refractivity contribution is 5.91. The maximum absolute atomic E-state index is 13.5. The molecule has 0 spiro atoms. The molecule has 0 heterocycles. The molecule has 1 amide bonds. The average molecular weight is 332 g/mol. The number of ether oxygens (including phenoxy) is 1. The summed E-state index contributed by atoms with van der Waals surface area (Å²) in [5.41, 5.74) is -0.339. The molecule has 1 aromatic carbocycles. The zero-order chi connectivity index (χ0) is 17.7. The molecule has 0 aromatic heterocycles. The monoisotopic (exact) mass is 332 g/mol. The summed E-state index contributed by atoms with van der Waals surface area (Å²) in [5.74, 6) is -1.69. The van der Waals surface area contributed by atoms with Gasteiger partial charge < -0.3 is 9.64 Å². The van der Waals surface area contributed by atoms with Crippen LogP contribution in [0.4, 0.5) is 4.39 Å². The molecular formula is C18H21FN2O3. The zero-order valence-electron chi connectivity index (χ0n) is 14.0. The number of hydrogen-bond acceptors (Lipinski definition) is 4. The number of nitrogens with zero attached hydrogens (tertiary/aromatic N) is 2. The number of esters is 1. The van der Waals surface area contributed by atoms with Gasteiger partial charge in [-0.25, -0.2) is 9.18 Å². The topological polar surface area (TPSA) is 70.4 Å². The van der Waals surface area contributed by atoms with Crippen LogP contribution in [0, 0.1) is 24.1 Å². The zero-order valence-corrected chi connectivity index (χ0v) is 14.0. The number of aryl methyl sites for hydroxylation is 1. The fourth-order valence-electron chi connectivity index (χ4n) is 2.92. The van der Waals surface area contributed by atoms with Gasteiger partial charge in [0.1, 0.15) is 11.4 Å². The third kappa shape index (κ3) is 3.73. The fraction of sp³-hybridized carbons (Fsp3) is 0.500. The number of amides is 1. The van der Waals surface area contributed by atoms with Crippen LogP contribution < -0.4 is 0 Å². The van der Waals surface area contributed by atoms with Crippen LogP contribution >= 0.6 is 0 Å². The maximum atomic E-state index is 13.5. The summed E-state index contributed by atoms with van der Waals surface area (Å²) in [6.45, 7) is 1.13. The van der Waals surface area contributed by atoms with Gasteiger partial charge in [0.25, 0.3) is 5.91 Å². The van der Waals surface area contributed by atoms with Crippen molar-refractivity contribution in [3.63, 3.8) is 0 Å². The minimum Gasteiger partial charge on any atom is -0.452 e. The fourth-order valence-corrected chi connectivity index (χ4v) is 2.92. The largest absolute Gasteiger partial charge is 0.452 e. The molecule has 128 valence electrons. The molecule has 1 saturated carbocycles. The number of carbonyl (C=O) groups is 2. The van der Waals surface area contributed by atoms with Crippen LogP contribution in [-0.2, 0) is 9.53 Å². The van der Waals surface area contributed by atoms with Crippen molar-refractivity contribution in [1.82, 2.24) is 4.90 Å². The van der Waals surface area contributed by atoms with Crippen LogP contribution in [0.15, 0.2) is 18.2 Å². The lowest BCUT2D eigenvalue weighted by atomic mass is 9.81. The van der Waals surface area contributed by atoms with Gasteiger partial charge in [0.2, 0.25) is 0 Å². The van der Waals surface area contributed by atoms with Crippen LogP contribution in [0.25, 0.3) is 0 Å². The Hall–Kier alpha value is -2.42. The van der Waals surface area contributed by atoms with E-state index >= 15 is 0 Å². The van der Waals surface area contributed by atoms with E-state index in [1.807, 2.05) is 0 Å². The molecule has 1 fully saturated rings. The first kappa shape index (κ1) is 17.9. The van der Waals surface area contributed by atoms with Crippen molar-refractivity contribution in [2.45, 2.75) is 44.6 Å². The van der Waals surface area contributed by atoms with Gasteiger partial charge in [0.05, 0.1) is 11.6 Å². The molecule has 0 saturated heterocycles. The van der Waals surface area contributed by atoms with Gasteiger partial charge in [-0.1, -0.05) is 25.3 Å². The lowest BCUT2D eigenvalue weighted by molar-refractivity contribution is -0.138. The third-order valence-electron chi connectivity index (χ3n) is 4.64. The van der Waals surface area contributed by atoms with E-state index in [1.165, 1.54) is 17.0 Å². The quantitative estimate of drug-likeness (QED) is 0.795. The standard InChI is InChI=1S/C18H21FN2O3/c1-13-6-7-14(10-15(13)19)17(23)24-11-16(22)21(2)18(12-20)8-4-3-5-9-18/h6-7,10H,3-5,8-9,11H2,1-2H3. The van der Waals surface area contributed by atoms with Crippen LogP contribution in [0.3, 0.4) is 0 Å². The van der Waals surface area contributed by atoms with Crippen LogP contribution in [-0.4, -0.2) is 36.0 Å². The Morgan fingerprint density at radius 1 is 1.33 bits per heavy atom. The molecular weight excluding hydrogens is 311 g/mol. The van der Waals surface area contributed by atoms with Crippen molar-refractivity contribution in [1.29, 1.82) is 5.26 Å². The predicted molar refractivity (Wildman–Crippen MR) is 85.6 cm³/mol. The molecule has 1 aliphatic carbocycles. The Balaban J connectivity index is 1.97. The van der Waals surface area contributed by atoms with Gasteiger partial charge in [0, 0.05) is 7.05 Å². The number of halogens is 1. The molecule has 0 N–H and O–H groups in total. The molecule has 0 atom stereocenters. The molecule has 6 heteroatoms. The summed E-state index contributed by atoms with van der Waals surface area (Å²) in [4.78, 5) is 25.6. The molecule has 1 aliphatic rings. The number of likely N-dealkylation sites (N-methyl/N-ethyl adjacent to an activating group) is 1. The summed E-state index contributed by atoms with van der Waals surface area (Å²) in [6.07, 6.45) is 4.10. The van der Waals surface area contributed by atoms with Gasteiger partial charge in [-0.3, -0.25) is 4.79 Å². The number of carbonyl (C=O) groups excluding carboxylic acids is 2. The Kier molecular flexibility index (Phi) is 5.55. The first-order valence-corrected chi connectivity index (χ1v) is 8.01. The summed E-state index contributed by atoms with van der Waals surface area (Å²) in [7, 11) is 1.57.